The zero-order valence-electron chi connectivity index (χ0n) is 4.44. The maximum absolute atomic E-state index is 8.05. The van der Waals surface area contributed by atoms with Gasteiger partial charge in [0.25, 0.3) is 0 Å². The van der Waals surface area contributed by atoms with Gasteiger partial charge in [0.2, 0.25) is 0 Å². The number of nitrogens with one attached hydrogen (secondary N) is 1. The van der Waals surface area contributed by atoms with Gasteiger partial charge in [-0.1, -0.05) is 13.3 Å². The molecule has 0 aliphatic carbocycles. The maximum Gasteiger partial charge on any atom is -0.0677 e. The molecule has 44 valence electrons. The maximum atomic E-state index is 8.05. The Morgan fingerprint density at radius 1 is 1.86 bits per heavy atom. The van der Waals surface area contributed by atoms with Crippen LogP contribution in [0, 0.1) is 6.17 Å². The molecule has 3 heteroatoms. The van der Waals surface area contributed by atoms with Gasteiger partial charge in [-0.15, -0.1) is 0 Å². The number of rotatable bonds is 3. The first kappa shape index (κ1) is 6.88. The highest BCUT2D eigenvalue weighted by Gasteiger charge is 1.77. The van der Waals surface area contributed by atoms with Crippen LogP contribution < -0.4 is 11.2 Å². The molecule has 0 unspecified atom stereocenters. The van der Waals surface area contributed by atoms with Gasteiger partial charge >= 0.3 is 0 Å². The average molecular weight is 103 g/mol. The Balaban J connectivity index is 2.83. The lowest BCUT2D eigenvalue weighted by Gasteiger charge is -2.20. The van der Waals surface area contributed by atoms with Crippen LogP contribution in [-0.4, -0.2) is 5.21 Å². The second kappa shape index (κ2) is 4.05. The third-order valence-corrected chi connectivity index (χ3v) is 0.663. The van der Waals surface area contributed by atoms with E-state index in [4.69, 9.17) is 10.9 Å². The molecule has 0 bridgehead atoms. The normalized spacial score (nSPS) is 10.3. The van der Waals surface area contributed by atoms with E-state index in [0.717, 1.165) is 12.8 Å². The van der Waals surface area contributed by atoms with Crippen molar-refractivity contribution < 1.29 is 5.21 Å². The van der Waals surface area contributed by atoms with E-state index >= 15 is 0 Å². The Bertz CT molecular complexity index is 40.7. The molecule has 0 atom stereocenters. The van der Waals surface area contributed by atoms with Gasteiger partial charge in [0.05, 0.1) is 0 Å². The number of hydroxylamine groups is 1. The van der Waals surface area contributed by atoms with Gasteiger partial charge in [-0.05, 0) is 0 Å². The first-order valence-corrected chi connectivity index (χ1v) is 2.32. The second-order valence-corrected chi connectivity index (χ2v) is 1.39. The van der Waals surface area contributed by atoms with Crippen molar-refractivity contribution in [2.75, 3.05) is 0 Å². The largest absolute Gasteiger partial charge is 0.465 e. The highest BCUT2D eigenvalue weighted by Crippen LogP contribution is 1.93. The summed E-state index contributed by atoms with van der Waals surface area (Å²) in [4.78, 5) is 0. The van der Waals surface area contributed by atoms with Crippen LogP contribution in [0.2, 0.25) is 0 Å². The molecule has 0 aromatic heterocycles. The fourth-order valence-electron chi connectivity index (χ4n) is 0.325. The van der Waals surface area contributed by atoms with Crippen LogP contribution in [0.15, 0.2) is 0 Å². The summed E-state index contributed by atoms with van der Waals surface area (Å²) in [6.07, 6.45) is 2.12. The minimum atomic E-state index is 0.433. The summed E-state index contributed by atoms with van der Waals surface area (Å²) < 4.78 is 0. The van der Waals surface area contributed by atoms with Crippen LogP contribution in [0.5, 0.6) is 0 Å². The number of hydrogen-bond donors (Lipinski definition) is 3. The van der Waals surface area contributed by atoms with Crippen molar-refractivity contribution in [3.8, 4) is 0 Å². The molecular weight excluding hydrogens is 92.1 g/mol. The Labute approximate surface area is 43.5 Å². The Morgan fingerprint density at radius 3 is 2.57 bits per heavy atom. The van der Waals surface area contributed by atoms with Crippen molar-refractivity contribution in [2.24, 2.45) is 5.73 Å². The van der Waals surface area contributed by atoms with Crippen molar-refractivity contribution in [2.45, 2.75) is 19.8 Å². The fourth-order valence-corrected chi connectivity index (χ4v) is 0.325. The van der Waals surface area contributed by atoms with Crippen molar-refractivity contribution in [3.63, 3.8) is 0 Å². The van der Waals surface area contributed by atoms with Crippen LogP contribution in [0.3, 0.4) is 0 Å². The minimum Gasteiger partial charge on any atom is -0.465 e. The molecule has 4 N–H and O–H groups in total. The van der Waals surface area contributed by atoms with Crippen LogP contribution in [-0.2, 0) is 0 Å². The predicted molar refractivity (Wildman–Crippen MR) is 27.3 cm³/mol. The SMILES string of the molecule is CCC[C-](N)NO. The highest BCUT2D eigenvalue weighted by atomic mass is 16.5. The zero-order valence-corrected chi connectivity index (χ0v) is 4.44. The molecular formula is C4H11N2O-. The van der Waals surface area contributed by atoms with Gasteiger partial charge in [0, 0.05) is 0 Å². The molecule has 7 heavy (non-hydrogen) atoms. The van der Waals surface area contributed by atoms with E-state index in [2.05, 4.69) is 0 Å². The molecule has 0 amide bonds. The second-order valence-electron chi connectivity index (χ2n) is 1.39. The Morgan fingerprint density at radius 2 is 2.43 bits per heavy atom. The van der Waals surface area contributed by atoms with Crippen molar-refractivity contribution >= 4 is 0 Å². The molecule has 0 aliphatic heterocycles. The summed E-state index contributed by atoms with van der Waals surface area (Å²) in [7, 11) is 0. The van der Waals surface area contributed by atoms with Gasteiger partial charge in [0.15, 0.2) is 0 Å². The summed E-state index contributed by atoms with van der Waals surface area (Å²) >= 11 is 0. The van der Waals surface area contributed by atoms with Crippen molar-refractivity contribution in [1.82, 2.24) is 5.48 Å². The molecule has 0 saturated heterocycles. The molecule has 0 spiro atoms. The average Bonchev–Trinajstić information content (AvgIpc) is 1.68. The standard InChI is InChI=1S/C4H11N2O/c1-2-3-4(5)6-7/h6-7H,2-3,5H2,1H3/q-1. The van der Waals surface area contributed by atoms with Crippen molar-refractivity contribution in [3.05, 3.63) is 6.17 Å². The smallest absolute Gasteiger partial charge is 0.0677 e. The summed E-state index contributed by atoms with van der Waals surface area (Å²) in [5.41, 5.74) is 7.00. The molecule has 0 saturated carbocycles. The van der Waals surface area contributed by atoms with E-state index < -0.39 is 0 Å². The molecule has 0 fully saturated rings. The minimum absolute atomic E-state index is 0.433. The molecule has 3 nitrogen and oxygen atoms in total. The Kier molecular flexibility index (Phi) is 3.98. The van der Waals surface area contributed by atoms with Crippen LogP contribution >= 0.6 is 0 Å². The molecule has 0 aromatic rings. The van der Waals surface area contributed by atoms with Crippen LogP contribution in [0.1, 0.15) is 19.8 Å². The molecule has 0 rings (SSSR count). The number of nitrogens with two attached hydrogens (primary N) is 1. The van der Waals surface area contributed by atoms with Crippen molar-refractivity contribution in [1.29, 1.82) is 0 Å². The number of hydrogen-bond acceptors (Lipinski definition) is 3. The lowest BCUT2D eigenvalue weighted by Crippen LogP contribution is -2.24. The van der Waals surface area contributed by atoms with Gasteiger partial charge in [-0.3, -0.25) is 0 Å². The molecule has 0 heterocycles. The highest BCUT2D eigenvalue weighted by molar-refractivity contribution is 4.71. The van der Waals surface area contributed by atoms with Gasteiger partial charge < -0.3 is 16.4 Å². The zero-order chi connectivity index (χ0) is 5.70. The summed E-state index contributed by atoms with van der Waals surface area (Å²) in [5, 5.41) is 8.05. The summed E-state index contributed by atoms with van der Waals surface area (Å²) in [5.74, 6) is 0. The van der Waals surface area contributed by atoms with Crippen LogP contribution in [0.4, 0.5) is 0 Å². The van der Waals surface area contributed by atoms with E-state index in [9.17, 15) is 0 Å². The van der Waals surface area contributed by atoms with Gasteiger partial charge in [0.1, 0.15) is 0 Å². The van der Waals surface area contributed by atoms with E-state index in [0.29, 0.717) is 6.17 Å². The molecule has 0 radical (unpaired) electrons. The van der Waals surface area contributed by atoms with E-state index in [1.165, 1.54) is 0 Å². The monoisotopic (exact) mass is 103 g/mol. The lowest BCUT2D eigenvalue weighted by molar-refractivity contribution is 0.166. The van der Waals surface area contributed by atoms with Gasteiger partial charge in [-0.2, -0.15) is 12.6 Å². The Hall–Kier alpha value is -0.120. The van der Waals surface area contributed by atoms with E-state index in [1.807, 2.05) is 12.4 Å². The first-order valence-electron chi connectivity index (χ1n) is 2.32. The first-order chi connectivity index (χ1) is 3.31. The predicted octanol–water partition coefficient (Wildman–Crippen LogP) is 0.213. The molecule has 0 aromatic carbocycles. The fraction of sp³-hybridized carbons (Fsp3) is 0.750. The quantitative estimate of drug-likeness (QED) is 0.353. The summed E-state index contributed by atoms with van der Waals surface area (Å²) in [6, 6.07) is 0. The topological polar surface area (TPSA) is 58.3 Å². The summed E-state index contributed by atoms with van der Waals surface area (Å²) in [6.45, 7) is 1.99. The lowest BCUT2D eigenvalue weighted by atomic mass is 10.3. The van der Waals surface area contributed by atoms with Crippen LogP contribution in [0.25, 0.3) is 0 Å². The third-order valence-electron chi connectivity index (χ3n) is 0.663. The van der Waals surface area contributed by atoms with Gasteiger partial charge in [-0.25, -0.2) is 0 Å². The van der Waals surface area contributed by atoms with E-state index in [1.54, 1.807) is 0 Å². The molecule has 0 aliphatic rings. The third kappa shape index (κ3) is 3.72. The van der Waals surface area contributed by atoms with E-state index in [-0.39, 0.29) is 0 Å².